The van der Waals surface area contributed by atoms with Crippen molar-refractivity contribution in [3.05, 3.63) is 71.3 Å². The molecule has 0 bridgehead atoms. The predicted molar refractivity (Wildman–Crippen MR) is 91.4 cm³/mol. The fourth-order valence-corrected chi connectivity index (χ4v) is 3.05. The van der Waals surface area contributed by atoms with Crippen LogP contribution in [0.3, 0.4) is 0 Å². The van der Waals surface area contributed by atoms with E-state index in [4.69, 9.17) is 9.47 Å². The fourth-order valence-electron chi connectivity index (χ4n) is 3.05. The van der Waals surface area contributed by atoms with Crippen LogP contribution in [0.1, 0.15) is 23.5 Å². The Morgan fingerprint density at radius 1 is 1.19 bits per heavy atom. The molecule has 1 N–H and O–H groups in total. The van der Waals surface area contributed by atoms with Crippen LogP contribution in [-0.4, -0.2) is 24.2 Å². The predicted octanol–water partition coefficient (Wildman–Crippen LogP) is 4.38. The van der Waals surface area contributed by atoms with Crippen molar-refractivity contribution in [2.45, 2.75) is 24.3 Å². The third-order valence-electron chi connectivity index (χ3n) is 4.44. The molecule has 4 nitrogen and oxygen atoms in total. The van der Waals surface area contributed by atoms with E-state index >= 15 is 0 Å². The highest BCUT2D eigenvalue weighted by Gasteiger charge is 2.60. The van der Waals surface area contributed by atoms with Crippen molar-refractivity contribution >= 4 is 5.76 Å². The Labute approximate surface area is 154 Å². The molecule has 1 aliphatic heterocycles. The summed E-state index contributed by atoms with van der Waals surface area (Å²) in [6, 6.07) is 16.3. The topological polar surface area (TPSA) is 62.5 Å². The van der Waals surface area contributed by atoms with Gasteiger partial charge in [-0.1, -0.05) is 42.5 Å². The van der Waals surface area contributed by atoms with Gasteiger partial charge in [-0.2, -0.15) is 18.4 Å². The molecule has 2 aromatic carbocycles. The van der Waals surface area contributed by atoms with Gasteiger partial charge in [0, 0.05) is 17.9 Å². The summed E-state index contributed by atoms with van der Waals surface area (Å²) in [5.74, 6) is -4.27. The van der Waals surface area contributed by atoms with Crippen molar-refractivity contribution in [3.63, 3.8) is 0 Å². The number of benzene rings is 2. The van der Waals surface area contributed by atoms with E-state index in [1.54, 1.807) is 42.5 Å². The molecular weight excluding hydrogens is 359 g/mol. The Morgan fingerprint density at radius 2 is 1.89 bits per heavy atom. The number of halogens is 3. The lowest BCUT2D eigenvalue weighted by Crippen LogP contribution is -2.50. The number of ether oxygens (including phenoxy) is 2. The molecule has 3 rings (SSSR count). The minimum atomic E-state index is -5.04. The minimum Gasteiger partial charge on any atom is -0.497 e. The first-order valence-corrected chi connectivity index (χ1v) is 8.11. The van der Waals surface area contributed by atoms with Crippen molar-refractivity contribution in [1.29, 1.82) is 5.26 Å². The molecule has 0 aliphatic carbocycles. The zero-order valence-electron chi connectivity index (χ0n) is 14.3. The SMILES string of the molecule is COc1cccc([C@H]2C[C@@](O)(C(F)(F)F)OC(c3ccccc3)=C2C#N)c1. The van der Waals surface area contributed by atoms with Crippen LogP contribution in [0.2, 0.25) is 0 Å². The van der Waals surface area contributed by atoms with E-state index < -0.39 is 24.3 Å². The van der Waals surface area contributed by atoms with Crippen molar-refractivity contribution < 1.29 is 27.8 Å². The van der Waals surface area contributed by atoms with E-state index in [2.05, 4.69) is 0 Å². The number of alkyl halides is 3. The molecular formula is C20H16F3NO3. The van der Waals surface area contributed by atoms with E-state index in [1.165, 1.54) is 19.2 Å². The van der Waals surface area contributed by atoms with Crippen LogP contribution in [0.15, 0.2) is 60.2 Å². The maximum Gasteiger partial charge on any atom is 0.455 e. The molecule has 0 aromatic heterocycles. The number of aliphatic hydroxyl groups is 1. The van der Waals surface area contributed by atoms with Gasteiger partial charge >= 0.3 is 12.0 Å². The average Bonchev–Trinajstić information content (AvgIpc) is 2.67. The summed E-state index contributed by atoms with van der Waals surface area (Å²) in [6.45, 7) is 0. The molecule has 140 valence electrons. The molecule has 0 saturated carbocycles. The number of nitrogens with zero attached hydrogens (tertiary/aromatic N) is 1. The lowest BCUT2D eigenvalue weighted by Gasteiger charge is -2.39. The van der Waals surface area contributed by atoms with Crippen molar-refractivity contribution in [2.24, 2.45) is 0 Å². The van der Waals surface area contributed by atoms with Gasteiger partial charge in [0.05, 0.1) is 18.8 Å². The first-order valence-electron chi connectivity index (χ1n) is 8.11. The molecule has 2 aromatic rings. The fraction of sp³-hybridized carbons (Fsp3) is 0.250. The van der Waals surface area contributed by atoms with Crippen LogP contribution >= 0.6 is 0 Å². The van der Waals surface area contributed by atoms with Crippen molar-refractivity contribution in [1.82, 2.24) is 0 Å². The quantitative estimate of drug-likeness (QED) is 0.865. The zero-order valence-corrected chi connectivity index (χ0v) is 14.3. The lowest BCUT2D eigenvalue weighted by atomic mass is 9.81. The number of rotatable bonds is 3. The summed E-state index contributed by atoms with van der Waals surface area (Å²) in [5, 5.41) is 20.0. The van der Waals surface area contributed by atoms with Gasteiger partial charge in [-0.3, -0.25) is 0 Å². The summed E-state index contributed by atoms with van der Waals surface area (Å²) in [7, 11) is 1.44. The molecule has 0 unspecified atom stereocenters. The second-order valence-electron chi connectivity index (χ2n) is 6.14. The zero-order chi connectivity index (χ0) is 19.7. The summed E-state index contributed by atoms with van der Waals surface area (Å²) in [4.78, 5) is 0. The van der Waals surface area contributed by atoms with Gasteiger partial charge in [-0.15, -0.1) is 0 Å². The summed E-state index contributed by atoms with van der Waals surface area (Å²) < 4.78 is 50.8. The van der Waals surface area contributed by atoms with Gasteiger partial charge < -0.3 is 14.6 Å². The molecule has 27 heavy (non-hydrogen) atoms. The molecule has 0 radical (unpaired) electrons. The van der Waals surface area contributed by atoms with E-state index in [9.17, 15) is 23.5 Å². The highest BCUT2D eigenvalue weighted by molar-refractivity contribution is 5.70. The monoisotopic (exact) mass is 375 g/mol. The maximum atomic E-state index is 13.6. The van der Waals surface area contributed by atoms with E-state index in [0.29, 0.717) is 11.3 Å². The van der Waals surface area contributed by atoms with Crippen LogP contribution in [-0.2, 0) is 4.74 Å². The van der Waals surface area contributed by atoms with Gasteiger partial charge in [0.1, 0.15) is 11.5 Å². The number of nitriles is 1. The molecule has 0 saturated heterocycles. The molecule has 1 heterocycles. The standard InChI is InChI=1S/C20H16F3NO3/c1-26-15-9-5-8-14(10-15)16-11-19(25,20(21,22)23)27-18(17(16)12-24)13-6-3-2-4-7-13/h2-10,16,25H,11H2,1H3/t16-,19+/m1/s1. The van der Waals surface area contributed by atoms with Gasteiger partial charge in [0.2, 0.25) is 0 Å². The minimum absolute atomic E-state index is 0.0170. The summed E-state index contributed by atoms with van der Waals surface area (Å²) >= 11 is 0. The largest absolute Gasteiger partial charge is 0.497 e. The maximum absolute atomic E-state index is 13.6. The Hall–Kier alpha value is -2.98. The number of methoxy groups -OCH3 is 1. The van der Waals surface area contributed by atoms with E-state index in [0.717, 1.165) is 0 Å². The van der Waals surface area contributed by atoms with Crippen molar-refractivity contribution in [3.8, 4) is 11.8 Å². The smallest absolute Gasteiger partial charge is 0.455 e. The first-order chi connectivity index (χ1) is 12.8. The van der Waals surface area contributed by atoms with Gasteiger partial charge in [-0.05, 0) is 17.7 Å². The van der Waals surface area contributed by atoms with Crippen molar-refractivity contribution in [2.75, 3.05) is 7.11 Å². The molecule has 2 atom stereocenters. The van der Waals surface area contributed by atoms with Crippen LogP contribution in [0.5, 0.6) is 5.75 Å². The van der Waals surface area contributed by atoms with Crippen LogP contribution in [0.4, 0.5) is 13.2 Å². The Bertz CT molecular complexity index is 903. The normalized spacial score (nSPS) is 22.7. The van der Waals surface area contributed by atoms with Gasteiger partial charge in [-0.25, -0.2) is 0 Å². The third-order valence-corrected chi connectivity index (χ3v) is 4.44. The molecule has 0 spiro atoms. The van der Waals surface area contributed by atoms with Crippen LogP contribution in [0, 0.1) is 11.3 Å². The van der Waals surface area contributed by atoms with Crippen LogP contribution < -0.4 is 4.74 Å². The first kappa shape index (κ1) is 18.8. The lowest BCUT2D eigenvalue weighted by molar-refractivity contribution is -0.351. The molecule has 0 amide bonds. The number of hydrogen-bond donors (Lipinski definition) is 1. The number of allylic oxidation sites excluding steroid dienone is 1. The third kappa shape index (κ3) is 3.49. The summed E-state index contributed by atoms with van der Waals surface area (Å²) in [5.41, 5.74) is 0.720. The van der Waals surface area contributed by atoms with E-state index in [1.807, 2.05) is 6.07 Å². The molecule has 1 aliphatic rings. The second-order valence-corrected chi connectivity index (χ2v) is 6.14. The molecule has 0 fully saturated rings. The average molecular weight is 375 g/mol. The Morgan fingerprint density at radius 3 is 2.48 bits per heavy atom. The highest BCUT2D eigenvalue weighted by Crippen LogP contribution is 2.49. The second kappa shape index (κ2) is 6.97. The highest BCUT2D eigenvalue weighted by atomic mass is 19.4. The number of hydrogen-bond acceptors (Lipinski definition) is 4. The molecule has 7 heteroatoms. The van der Waals surface area contributed by atoms with Gasteiger partial charge in [0.15, 0.2) is 0 Å². The summed E-state index contributed by atoms with van der Waals surface area (Å²) in [6.07, 6.45) is -5.87. The van der Waals surface area contributed by atoms with Crippen LogP contribution in [0.25, 0.3) is 5.76 Å². The Kier molecular flexibility index (Phi) is 4.85. The van der Waals surface area contributed by atoms with Gasteiger partial charge in [0.25, 0.3) is 0 Å². The Balaban J connectivity index is 2.21. The van der Waals surface area contributed by atoms with E-state index in [-0.39, 0.29) is 16.9 Å².